The van der Waals surface area contributed by atoms with Gasteiger partial charge >= 0.3 is 0 Å². The molecule has 0 spiro atoms. The molecule has 4 nitrogen and oxygen atoms in total. The summed E-state index contributed by atoms with van der Waals surface area (Å²) in [6, 6.07) is 23.4. The first-order valence-electron chi connectivity index (χ1n) is 10.2. The summed E-state index contributed by atoms with van der Waals surface area (Å²) >= 11 is 0. The molecule has 142 valence electrons. The van der Waals surface area contributed by atoms with Crippen molar-refractivity contribution in [2.24, 2.45) is 0 Å². The largest absolute Gasteiger partial charge is 0.436 e. The summed E-state index contributed by atoms with van der Waals surface area (Å²) in [4.78, 5) is 9.53. The Morgan fingerprint density at radius 2 is 1.79 bits per heavy atom. The lowest BCUT2D eigenvalue weighted by atomic mass is 9.87. The summed E-state index contributed by atoms with van der Waals surface area (Å²) < 4.78 is 8.36. The zero-order chi connectivity index (χ0) is 19.4. The minimum absolute atomic E-state index is 0.347. The molecule has 2 aromatic heterocycles. The SMILES string of the molecule is Cc1nc2cc(-c3nc4ccccc4o3)ccc2n1C1CCCc2ccccc21. The molecule has 5 aromatic rings. The molecule has 4 heteroatoms. The van der Waals surface area contributed by atoms with Gasteiger partial charge in [0.25, 0.3) is 0 Å². The Bertz CT molecular complexity index is 1330. The summed E-state index contributed by atoms with van der Waals surface area (Å²) in [7, 11) is 0. The van der Waals surface area contributed by atoms with Crippen molar-refractivity contribution in [1.29, 1.82) is 0 Å². The van der Waals surface area contributed by atoms with Crippen molar-refractivity contribution in [1.82, 2.24) is 14.5 Å². The Morgan fingerprint density at radius 1 is 0.931 bits per heavy atom. The number of nitrogens with zero attached hydrogens (tertiary/aromatic N) is 3. The molecule has 3 aromatic carbocycles. The maximum Gasteiger partial charge on any atom is 0.227 e. The highest BCUT2D eigenvalue weighted by atomic mass is 16.3. The lowest BCUT2D eigenvalue weighted by molar-refractivity contribution is 0.491. The molecule has 0 saturated carbocycles. The molecule has 0 saturated heterocycles. The van der Waals surface area contributed by atoms with E-state index in [4.69, 9.17) is 9.40 Å². The Labute approximate surface area is 168 Å². The van der Waals surface area contributed by atoms with E-state index in [1.807, 2.05) is 24.3 Å². The van der Waals surface area contributed by atoms with Gasteiger partial charge in [0.2, 0.25) is 5.89 Å². The predicted octanol–water partition coefficient (Wildman–Crippen LogP) is 6.08. The fourth-order valence-corrected chi connectivity index (χ4v) is 4.74. The molecule has 1 unspecified atom stereocenters. The van der Waals surface area contributed by atoms with Gasteiger partial charge in [-0.25, -0.2) is 9.97 Å². The molecule has 1 atom stereocenters. The van der Waals surface area contributed by atoms with Gasteiger partial charge in [0.1, 0.15) is 11.3 Å². The standard InChI is InChI=1S/C25H21N3O/c1-16-26-21-15-18(25-27-20-10-4-5-12-24(20)29-25)13-14-23(21)28(16)22-11-6-8-17-7-2-3-9-19(17)22/h2-5,7,9-10,12-15,22H,6,8,11H2,1H3. The molecule has 0 radical (unpaired) electrons. The average molecular weight is 379 g/mol. The summed E-state index contributed by atoms with van der Waals surface area (Å²) in [5.74, 6) is 1.69. The maximum absolute atomic E-state index is 5.96. The quantitative estimate of drug-likeness (QED) is 0.373. The van der Waals surface area contributed by atoms with Crippen molar-refractivity contribution in [2.45, 2.75) is 32.2 Å². The van der Waals surface area contributed by atoms with Gasteiger partial charge < -0.3 is 8.98 Å². The van der Waals surface area contributed by atoms with Gasteiger partial charge in [0.15, 0.2) is 5.58 Å². The lowest BCUT2D eigenvalue weighted by Crippen LogP contribution is -2.18. The summed E-state index contributed by atoms with van der Waals surface area (Å²) in [6.07, 6.45) is 3.53. The number of hydrogen-bond acceptors (Lipinski definition) is 3. The van der Waals surface area contributed by atoms with Crippen molar-refractivity contribution >= 4 is 22.1 Å². The molecular formula is C25H21N3O. The topological polar surface area (TPSA) is 43.9 Å². The number of rotatable bonds is 2. The second-order valence-electron chi connectivity index (χ2n) is 7.83. The van der Waals surface area contributed by atoms with Crippen LogP contribution < -0.4 is 0 Å². The van der Waals surface area contributed by atoms with Crippen LogP contribution in [0.15, 0.2) is 71.1 Å². The number of aromatic nitrogens is 3. The third kappa shape index (κ3) is 2.59. The molecule has 1 aliphatic carbocycles. The molecular weight excluding hydrogens is 358 g/mol. The van der Waals surface area contributed by atoms with E-state index in [1.165, 1.54) is 29.5 Å². The molecule has 2 heterocycles. The number of para-hydroxylation sites is 2. The van der Waals surface area contributed by atoms with Crippen LogP contribution in [0.4, 0.5) is 0 Å². The first kappa shape index (κ1) is 16.5. The van der Waals surface area contributed by atoms with Gasteiger partial charge in [-0.2, -0.15) is 0 Å². The number of oxazole rings is 1. The van der Waals surface area contributed by atoms with E-state index in [9.17, 15) is 0 Å². The summed E-state index contributed by atoms with van der Waals surface area (Å²) in [6.45, 7) is 2.11. The second-order valence-corrected chi connectivity index (χ2v) is 7.83. The van der Waals surface area contributed by atoms with E-state index < -0.39 is 0 Å². The van der Waals surface area contributed by atoms with Crippen LogP contribution in [0, 0.1) is 6.92 Å². The van der Waals surface area contributed by atoms with Crippen LogP contribution in [-0.4, -0.2) is 14.5 Å². The van der Waals surface area contributed by atoms with Crippen molar-refractivity contribution < 1.29 is 4.42 Å². The highest BCUT2D eigenvalue weighted by Gasteiger charge is 2.24. The molecule has 0 aliphatic heterocycles. The van der Waals surface area contributed by atoms with Crippen molar-refractivity contribution in [3.63, 3.8) is 0 Å². The smallest absolute Gasteiger partial charge is 0.227 e. The first-order valence-corrected chi connectivity index (χ1v) is 10.2. The van der Waals surface area contributed by atoms with Crippen LogP contribution in [0.1, 0.15) is 35.8 Å². The van der Waals surface area contributed by atoms with Crippen LogP contribution in [0.25, 0.3) is 33.6 Å². The van der Waals surface area contributed by atoms with E-state index >= 15 is 0 Å². The molecule has 0 amide bonds. The fraction of sp³-hybridized carbons (Fsp3) is 0.200. The number of imidazole rings is 1. The highest BCUT2D eigenvalue weighted by Crippen LogP contribution is 2.36. The van der Waals surface area contributed by atoms with Gasteiger partial charge in [-0.05, 0) is 67.6 Å². The van der Waals surface area contributed by atoms with Gasteiger partial charge in [-0.1, -0.05) is 36.4 Å². The van der Waals surface area contributed by atoms with Crippen LogP contribution in [0.3, 0.4) is 0 Å². The Kier molecular flexibility index (Phi) is 3.60. The van der Waals surface area contributed by atoms with Crippen LogP contribution in [0.5, 0.6) is 0 Å². The van der Waals surface area contributed by atoms with Crippen LogP contribution in [0.2, 0.25) is 0 Å². The van der Waals surface area contributed by atoms with Gasteiger partial charge in [0, 0.05) is 5.56 Å². The van der Waals surface area contributed by atoms with Gasteiger partial charge in [0.05, 0.1) is 17.1 Å². The minimum Gasteiger partial charge on any atom is -0.436 e. The van der Waals surface area contributed by atoms with E-state index in [1.54, 1.807) is 0 Å². The van der Waals surface area contributed by atoms with E-state index in [0.717, 1.165) is 34.4 Å². The molecule has 0 fully saturated rings. The Balaban J connectivity index is 1.48. The maximum atomic E-state index is 5.96. The minimum atomic E-state index is 0.347. The number of aryl methyl sites for hydroxylation is 2. The summed E-state index contributed by atoms with van der Waals surface area (Å²) in [5.41, 5.74) is 7.71. The highest BCUT2D eigenvalue weighted by molar-refractivity contribution is 5.83. The number of hydrogen-bond donors (Lipinski definition) is 0. The molecule has 1 aliphatic rings. The van der Waals surface area contributed by atoms with Gasteiger partial charge in [-0.15, -0.1) is 0 Å². The second kappa shape index (κ2) is 6.31. The number of benzene rings is 3. The van der Waals surface area contributed by atoms with Gasteiger partial charge in [-0.3, -0.25) is 0 Å². The lowest BCUT2D eigenvalue weighted by Gasteiger charge is -2.28. The third-order valence-corrected chi connectivity index (χ3v) is 6.06. The number of fused-ring (bicyclic) bond motifs is 3. The first-order chi connectivity index (χ1) is 14.3. The van der Waals surface area contributed by atoms with Crippen LogP contribution in [-0.2, 0) is 6.42 Å². The Morgan fingerprint density at radius 3 is 2.72 bits per heavy atom. The summed E-state index contributed by atoms with van der Waals surface area (Å²) in [5, 5.41) is 0. The van der Waals surface area contributed by atoms with Crippen molar-refractivity contribution in [3.8, 4) is 11.5 Å². The van der Waals surface area contributed by atoms with E-state index in [0.29, 0.717) is 11.9 Å². The Hall–Kier alpha value is -3.40. The molecule has 29 heavy (non-hydrogen) atoms. The third-order valence-electron chi connectivity index (χ3n) is 6.06. The van der Waals surface area contributed by atoms with Crippen molar-refractivity contribution in [3.05, 3.63) is 83.7 Å². The average Bonchev–Trinajstić information content (AvgIpc) is 3.33. The predicted molar refractivity (Wildman–Crippen MR) is 115 cm³/mol. The van der Waals surface area contributed by atoms with Crippen LogP contribution >= 0.6 is 0 Å². The van der Waals surface area contributed by atoms with E-state index in [-0.39, 0.29) is 0 Å². The molecule has 0 bridgehead atoms. The normalized spacial score (nSPS) is 16.4. The zero-order valence-corrected chi connectivity index (χ0v) is 16.3. The molecule has 0 N–H and O–H groups in total. The molecule has 6 rings (SSSR count). The van der Waals surface area contributed by atoms with E-state index in [2.05, 4.69) is 58.9 Å². The monoisotopic (exact) mass is 379 g/mol. The fourth-order valence-electron chi connectivity index (χ4n) is 4.74. The van der Waals surface area contributed by atoms with Crippen molar-refractivity contribution in [2.75, 3.05) is 0 Å². The zero-order valence-electron chi connectivity index (χ0n) is 16.3.